The second kappa shape index (κ2) is 6.21. The van der Waals surface area contributed by atoms with Gasteiger partial charge in [0.1, 0.15) is 6.04 Å². The number of aliphatic carboxylic acids is 1. The maximum absolute atomic E-state index is 11.1. The lowest BCUT2D eigenvalue weighted by Crippen LogP contribution is -2.48. The minimum atomic E-state index is -0.755. The van der Waals surface area contributed by atoms with Crippen molar-refractivity contribution in [3.05, 3.63) is 0 Å². The van der Waals surface area contributed by atoms with Crippen LogP contribution in [0.5, 0.6) is 0 Å². The van der Waals surface area contributed by atoms with Crippen LogP contribution in [0.4, 0.5) is 0 Å². The Bertz CT molecular complexity index is 230. The van der Waals surface area contributed by atoms with Gasteiger partial charge in [0, 0.05) is 13.2 Å². The molecule has 4 nitrogen and oxygen atoms in total. The van der Waals surface area contributed by atoms with E-state index in [0.29, 0.717) is 0 Å². The molecule has 0 amide bonds. The highest BCUT2D eigenvalue weighted by Gasteiger charge is 2.28. The van der Waals surface area contributed by atoms with Gasteiger partial charge in [-0.15, -0.1) is 0 Å². The van der Waals surface area contributed by atoms with E-state index < -0.39 is 12.0 Å². The highest BCUT2D eigenvalue weighted by molar-refractivity contribution is 5.73. The molecule has 4 heteroatoms. The molecule has 0 aromatic heterocycles. The van der Waals surface area contributed by atoms with Crippen LogP contribution in [0.2, 0.25) is 0 Å². The van der Waals surface area contributed by atoms with E-state index in [4.69, 9.17) is 9.84 Å². The molecule has 2 N–H and O–H groups in total. The number of carbonyl (C=O) groups is 1. The number of methoxy groups -OCH3 is 1. The van der Waals surface area contributed by atoms with Gasteiger partial charge in [-0.3, -0.25) is 4.79 Å². The predicted molar refractivity (Wildman–Crippen MR) is 62.5 cm³/mol. The largest absolute Gasteiger partial charge is 0.480 e. The van der Waals surface area contributed by atoms with Crippen molar-refractivity contribution in [3.8, 4) is 0 Å². The molecule has 0 saturated heterocycles. The summed E-state index contributed by atoms with van der Waals surface area (Å²) in [5, 5.41) is 12.3. The standard InChI is InChI=1S/C12H23NO3/c1-8(2)11(12(14)15)13-9-5-4-6-10(7-9)16-3/h8-11,13H,4-7H2,1-3H3,(H,14,15). The number of ether oxygens (including phenoxy) is 1. The fourth-order valence-corrected chi connectivity index (χ4v) is 2.31. The van der Waals surface area contributed by atoms with Crippen molar-refractivity contribution in [2.75, 3.05) is 7.11 Å². The van der Waals surface area contributed by atoms with Gasteiger partial charge in [-0.05, 0) is 31.6 Å². The zero-order valence-corrected chi connectivity index (χ0v) is 10.4. The smallest absolute Gasteiger partial charge is 0.320 e. The summed E-state index contributed by atoms with van der Waals surface area (Å²) in [7, 11) is 1.73. The van der Waals surface area contributed by atoms with Gasteiger partial charge >= 0.3 is 5.97 Å². The molecule has 0 heterocycles. The van der Waals surface area contributed by atoms with E-state index in [1.807, 2.05) is 13.8 Å². The molecule has 1 saturated carbocycles. The number of carboxylic acids is 1. The zero-order chi connectivity index (χ0) is 12.1. The molecule has 1 aliphatic carbocycles. The van der Waals surface area contributed by atoms with Crippen LogP contribution >= 0.6 is 0 Å². The number of rotatable bonds is 5. The van der Waals surface area contributed by atoms with Crippen molar-refractivity contribution in [2.45, 2.75) is 57.7 Å². The van der Waals surface area contributed by atoms with E-state index in [1.54, 1.807) is 7.11 Å². The third-order valence-electron chi connectivity index (χ3n) is 3.31. The van der Waals surface area contributed by atoms with Crippen LogP contribution < -0.4 is 5.32 Å². The van der Waals surface area contributed by atoms with Crippen LogP contribution in [-0.2, 0) is 9.53 Å². The SMILES string of the molecule is COC1CCCC(NC(C(=O)O)C(C)C)C1. The molecule has 1 rings (SSSR count). The Kier molecular flexibility index (Phi) is 5.22. The average molecular weight is 229 g/mol. The van der Waals surface area contributed by atoms with Crippen LogP contribution in [0, 0.1) is 5.92 Å². The van der Waals surface area contributed by atoms with E-state index in [-0.39, 0.29) is 18.1 Å². The Hall–Kier alpha value is -0.610. The molecule has 0 aliphatic heterocycles. The number of hydrogen-bond donors (Lipinski definition) is 2. The second-order valence-corrected chi connectivity index (χ2v) is 4.95. The molecule has 3 unspecified atom stereocenters. The first-order chi connectivity index (χ1) is 7.54. The van der Waals surface area contributed by atoms with Crippen molar-refractivity contribution >= 4 is 5.97 Å². The first-order valence-corrected chi connectivity index (χ1v) is 6.06. The normalized spacial score (nSPS) is 28.0. The summed E-state index contributed by atoms with van der Waals surface area (Å²) in [6.07, 6.45) is 4.46. The molecule has 1 fully saturated rings. The van der Waals surface area contributed by atoms with Gasteiger partial charge in [0.05, 0.1) is 6.10 Å². The fraction of sp³-hybridized carbons (Fsp3) is 0.917. The second-order valence-electron chi connectivity index (χ2n) is 4.95. The Morgan fingerprint density at radius 1 is 1.44 bits per heavy atom. The third kappa shape index (κ3) is 3.76. The van der Waals surface area contributed by atoms with Crippen LogP contribution in [-0.4, -0.2) is 36.4 Å². The molecule has 0 aromatic rings. The number of carboxylic acid groups (broad SMARTS) is 1. The molecule has 0 aromatic carbocycles. The lowest BCUT2D eigenvalue weighted by molar-refractivity contribution is -0.141. The summed E-state index contributed by atoms with van der Waals surface area (Å²) in [5.74, 6) is -0.644. The highest BCUT2D eigenvalue weighted by Crippen LogP contribution is 2.21. The van der Waals surface area contributed by atoms with E-state index in [2.05, 4.69) is 5.32 Å². The molecule has 16 heavy (non-hydrogen) atoms. The predicted octanol–water partition coefficient (Wildman–Crippen LogP) is 1.64. The van der Waals surface area contributed by atoms with Crippen molar-refractivity contribution in [1.29, 1.82) is 0 Å². The first kappa shape index (κ1) is 13.5. The minimum Gasteiger partial charge on any atom is -0.480 e. The summed E-state index contributed by atoms with van der Waals surface area (Å²) in [6, 6.07) is -0.164. The lowest BCUT2D eigenvalue weighted by atomic mass is 9.91. The van der Waals surface area contributed by atoms with Crippen molar-refractivity contribution in [1.82, 2.24) is 5.32 Å². The van der Waals surface area contributed by atoms with Gasteiger partial charge in [0.15, 0.2) is 0 Å². The number of nitrogens with one attached hydrogen (secondary N) is 1. The summed E-state index contributed by atoms with van der Waals surface area (Å²) >= 11 is 0. The quantitative estimate of drug-likeness (QED) is 0.752. The van der Waals surface area contributed by atoms with Crippen LogP contribution in [0.3, 0.4) is 0 Å². The first-order valence-electron chi connectivity index (χ1n) is 6.06. The summed E-state index contributed by atoms with van der Waals surface area (Å²) in [4.78, 5) is 11.1. The van der Waals surface area contributed by atoms with Gasteiger partial charge in [-0.1, -0.05) is 13.8 Å². The van der Waals surface area contributed by atoms with Crippen molar-refractivity contribution in [2.24, 2.45) is 5.92 Å². The van der Waals surface area contributed by atoms with Gasteiger partial charge in [-0.25, -0.2) is 0 Å². The molecule has 0 bridgehead atoms. The van der Waals surface area contributed by atoms with Crippen molar-refractivity contribution in [3.63, 3.8) is 0 Å². The maximum atomic E-state index is 11.1. The van der Waals surface area contributed by atoms with Crippen LogP contribution in [0.25, 0.3) is 0 Å². The number of hydrogen-bond acceptors (Lipinski definition) is 3. The Labute approximate surface area is 97.4 Å². The minimum absolute atomic E-state index is 0.112. The highest BCUT2D eigenvalue weighted by atomic mass is 16.5. The van der Waals surface area contributed by atoms with Crippen LogP contribution in [0.1, 0.15) is 39.5 Å². The van der Waals surface area contributed by atoms with E-state index in [9.17, 15) is 4.79 Å². The molecule has 1 aliphatic rings. The molecule has 3 atom stereocenters. The average Bonchev–Trinajstić information content (AvgIpc) is 2.25. The summed E-state index contributed by atoms with van der Waals surface area (Å²) < 4.78 is 5.34. The van der Waals surface area contributed by atoms with Gasteiger partial charge < -0.3 is 15.2 Å². The van der Waals surface area contributed by atoms with Crippen LogP contribution in [0.15, 0.2) is 0 Å². The Morgan fingerprint density at radius 3 is 2.62 bits per heavy atom. The van der Waals surface area contributed by atoms with Gasteiger partial charge in [0.25, 0.3) is 0 Å². The van der Waals surface area contributed by atoms with E-state index in [1.165, 1.54) is 0 Å². The molecular formula is C12H23NO3. The monoisotopic (exact) mass is 229 g/mol. The Balaban J connectivity index is 2.48. The summed E-state index contributed by atoms with van der Waals surface area (Å²) in [5.41, 5.74) is 0. The molecule has 0 spiro atoms. The maximum Gasteiger partial charge on any atom is 0.320 e. The van der Waals surface area contributed by atoms with Crippen molar-refractivity contribution < 1.29 is 14.6 Å². The molecule has 0 radical (unpaired) electrons. The molecular weight excluding hydrogens is 206 g/mol. The lowest BCUT2D eigenvalue weighted by Gasteiger charge is -2.32. The Morgan fingerprint density at radius 2 is 2.12 bits per heavy atom. The van der Waals surface area contributed by atoms with Gasteiger partial charge in [0.2, 0.25) is 0 Å². The third-order valence-corrected chi connectivity index (χ3v) is 3.31. The molecule has 94 valence electrons. The topological polar surface area (TPSA) is 58.6 Å². The fourth-order valence-electron chi connectivity index (χ4n) is 2.31. The summed E-state index contributed by atoms with van der Waals surface area (Å²) in [6.45, 7) is 3.87. The van der Waals surface area contributed by atoms with Gasteiger partial charge in [-0.2, -0.15) is 0 Å². The van der Waals surface area contributed by atoms with E-state index >= 15 is 0 Å². The van der Waals surface area contributed by atoms with E-state index in [0.717, 1.165) is 25.7 Å². The zero-order valence-electron chi connectivity index (χ0n) is 10.4.